The molecular weight excluding hydrogens is 276 g/mol. The molecule has 0 amide bonds. The lowest BCUT2D eigenvalue weighted by molar-refractivity contribution is 0.0687. The molecule has 2 rings (SSSR count). The quantitative estimate of drug-likeness (QED) is 0.834. The van der Waals surface area contributed by atoms with E-state index in [0.29, 0.717) is 23.0 Å². The van der Waals surface area contributed by atoms with Crippen molar-refractivity contribution < 1.29 is 14.7 Å². The number of hydrogen-bond donors (Lipinski definition) is 2. The van der Waals surface area contributed by atoms with Crippen LogP contribution in [0.15, 0.2) is 0 Å². The van der Waals surface area contributed by atoms with Gasteiger partial charge < -0.3 is 10.4 Å². The molecule has 0 radical (unpaired) electrons. The summed E-state index contributed by atoms with van der Waals surface area (Å²) in [5.41, 5.74) is -0.137. The molecule has 5 nitrogen and oxygen atoms in total. The molecule has 1 aliphatic carbocycles. The number of aromatic nitrogens is 1. The summed E-state index contributed by atoms with van der Waals surface area (Å²) in [5, 5.41) is 12.9. The maximum absolute atomic E-state index is 11.5. The number of ketones is 1. The fourth-order valence-electron chi connectivity index (χ4n) is 3.00. The monoisotopic (exact) mass is 296 g/mol. The second kappa shape index (κ2) is 5.91. The van der Waals surface area contributed by atoms with E-state index in [4.69, 9.17) is 5.11 Å². The molecule has 0 aromatic carbocycles. The molecule has 1 fully saturated rings. The topological polar surface area (TPSA) is 79.3 Å². The summed E-state index contributed by atoms with van der Waals surface area (Å²) in [6, 6.07) is 0.307. The summed E-state index contributed by atoms with van der Waals surface area (Å²) in [6.45, 7) is 5.83. The minimum absolute atomic E-state index is 0.137. The molecule has 1 heterocycles. The van der Waals surface area contributed by atoms with Gasteiger partial charge in [0.05, 0.1) is 0 Å². The normalized spacial score (nSPS) is 26.2. The molecule has 1 aromatic heterocycles. The average molecular weight is 296 g/mol. The van der Waals surface area contributed by atoms with Gasteiger partial charge in [-0.2, -0.15) is 0 Å². The van der Waals surface area contributed by atoms with Crippen molar-refractivity contribution in [3.8, 4) is 0 Å². The summed E-state index contributed by atoms with van der Waals surface area (Å²) in [5.74, 6) is -0.0897. The number of aromatic carboxylic acids is 1. The lowest BCUT2D eigenvalue weighted by Gasteiger charge is -2.31. The lowest BCUT2D eigenvalue weighted by atomic mass is 9.80. The number of anilines is 1. The van der Waals surface area contributed by atoms with Gasteiger partial charge in [-0.3, -0.25) is 4.79 Å². The van der Waals surface area contributed by atoms with E-state index in [1.807, 2.05) is 0 Å². The van der Waals surface area contributed by atoms with Crippen molar-refractivity contribution in [2.75, 3.05) is 5.32 Å². The molecule has 2 unspecified atom stereocenters. The Kier molecular flexibility index (Phi) is 4.42. The third kappa shape index (κ3) is 3.36. The van der Waals surface area contributed by atoms with Crippen molar-refractivity contribution in [3.05, 3.63) is 10.6 Å². The first kappa shape index (κ1) is 15.0. The first-order valence-corrected chi connectivity index (χ1v) is 7.70. The van der Waals surface area contributed by atoms with Crippen LogP contribution in [0.2, 0.25) is 0 Å². The summed E-state index contributed by atoms with van der Waals surface area (Å²) in [6.07, 6.45) is 3.35. The Morgan fingerprint density at radius 1 is 1.25 bits per heavy atom. The Morgan fingerprint density at radius 2 is 1.85 bits per heavy atom. The molecule has 6 heteroatoms. The van der Waals surface area contributed by atoms with Gasteiger partial charge in [0.25, 0.3) is 0 Å². The van der Waals surface area contributed by atoms with Crippen LogP contribution in [0.1, 0.15) is 60.2 Å². The second-order valence-electron chi connectivity index (χ2n) is 5.82. The molecule has 0 aliphatic heterocycles. The standard InChI is InChI=1S/C14H20N2O3S/c1-7-4-8(2)6-10(5-7)15-14-16-11(13(18)19)12(20-14)9(3)17/h7-8,10H,4-6H2,1-3H3,(H,15,16)(H,18,19). The number of rotatable bonds is 4. The third-order valence-electron chi connectivity index (χ3n) is 3.66. The van der Waals surface area contributed by atoms with Gasteiger partial charge in [0.15, 0.2) is 16.6 Å². The molecule has 1 saturated carbocycles. The number of thiazole rings is 1. The fourth-order valence-corrected chi connectivity index (χ4v) is 3.93. The number of carboxylic acid groups (broad SMARTS) is 1. The number of nitrogens with one attached hydrogen (secondary N) is 1. The molecule has 110 valence electrons. The minimum Gasteiger partial charge on any atom is -0.476 e. The van der Waals surface area contributed by atoms with Crippen LogP contribution in [0.25, 0.3) is 0 Å². The van der Waals surface area contributed by atoms with E-state index in [1.54, 1.807) is 0 Å². The highest BCUT2D eigenvalue weighted by molar-refractivity contribution is 7.17. The lowest BCUT2D eigenvalue weighted by Crippen LogP contribution is -2.30. The second-order valence-corrected chi connectivity index (χ2v) is 6.82. The van der Waals surface area contributed by atoms with Gasteiger partial charge in [0.2, 0.25) is 0 Å². The van der Waals surface area contributed by atoms with E-state index in [-0.39, 0.29) is 16.4 Å². The van der Waals surface area contributed by atoms with E-state index in [9.17, 15) is 9.59 Å². The maximum atomic E-state index is 11.5. The van der Waals surface area contributed by atoms with Crippen LogP contribution in [0, 0.1) is 11.8 Å². The Hall–Kier alpha value is -1.43. The number of Topliss-reactive ketones (excluding diaryl/α,β-unsaturated/α-hetero) is 1. The predicted molar refractivity (Wildman–Crippen MR) is 78.7 cm³/mol. The van der Waals surface area contributed by atoms with E-state index in [0.717, 1.165) is 24.2 Å². The zero-order valence-corrected chi connectivity index (χ0v) is 12.8. The van der Waals surface area contributed by atoms with Crippen molar-refractivity contribution in [2.24, 2.45) is 11.8 Å². The molecule has 2 atom stereocenters. The van der Waals surface area contributed by atoms with Gasteiger partial charge >= 0.3 is 5.97 Å². The molecular formula is C14H20N2O3S. The zero-order valence-electron chi connectivity index (χ0n) is 12.0. The van der Waals surface area contributed by atoms with Gasteiger partial charge in [-0.25, -0.2) is 9.78 Å². The average Bonchev–Trinajstić information content (AvgIpc) is 2.71. The van der Waals surface area contributed by atoms with E-state index in [2.05, 4.69) is 24.1 Å². The molecule has 0 spiro atoms. The fraction of sp³-hybridized carbons (Fsp3) is 0.643. The largest absolute Gasteiger partial charge is 0.476 e. The first-order chi connectivity index (χ1) is 9.36. The molecule has 1 aliphatic rings. The van der Waals surface area contributed by atoms with Crippen LogP contribution < -0.4 is 5.32 Å². The number of hydrogen-bond acceptors (Lipinski definition) is 5. The number of nitrogens with zero attached hydrogens (tertiary/aromatic N) is 1. The van der Waals surface area contributed by atoms with Crippen molar-refractivity contribution >= 4 is 28.2 Å². The molecule has 2 N–H and O–H groups in total. The number of carbonyl (C=O) groups is 2. The van der Waals surface area contributed by atoms with Gasteiger partial charge in [0, 0.05) is 13.0 Å². The van der Waals surface area contributed by atoms with Gasteiger partial charge in [-0.1, -0.05) is 25.2 Å². The summed E-state index contributed by atoms with van der Waals surface area (Å²) in [7, 11) is 0. The molecule has 1 aromatic rings. The molecule has 0 bridgehead atoms. The Morgan fingerprint density at radius 3 is 2.30 bits per heavy atom. The Balaban J connectivity index is 2.15. The number of carboxylic acids is 1. The van der Waals surface area contributed by atoms with Crippen LogP contribution in [0.3, 0.4) is 0 Å². The van der Waals surface area contributed by atoms with Gasteiger partial charge in [-0.15, -0.1) is 0 Å². The van der Waals surface area contributed by atoms with Crippen LogP contribution in [-0.4, -0.2) is 27.9 Å². The summed E-state index contributed by atoms with van der Waals surface area (Å²) in [4.78, 5) is 26.8. The maximum Gasteiger partial charge on any atom is 0.356 e. The van der Waals surface area contributed by atoms with Crippen molar-refractivity contribution in [2.45, 2.75) is 46.1 Å². The highest BCUT2D eigenvalue weighted by Crippen LogP contribution is 2.32. The third-order valence-corrected chi connectivity index (χ3v) is 4.74. The molecule has 0 saturated heterocycles. The van der Waals surface area contributed by atoms with Crippen LogP contribution in [0.5, 0.6) is 0 Å². The highest BCUT2D eigenvalue weighted by Gasteiger charge is 2.26. The van der Waals surface area contributed by atoms with E-state index < -0.39 is 5.97 Å². The van der Waals surface area contributed by atoms with Crippen LogP contribution in [0.4, 0.5) is 5.13 Å². The SMILES string of the molecule is CC(=O)c1sc(NC2CC(C)CC(C)C2)nc1C(=O)O. The first-order valence-electron chi connectivity index (χ1n) is 6.88. The van der Waals surface area contributed by atoms with Crippen molar-refractivity contribution in [3.63, 3.8) is 0 Å². The Bertz CT molecular complexity index is 485. The van der Waals surface area contributed by atoms with Crippen LogP contribution >= 0.6 is 11.3 Å². The highest BCUT2D eigenvalue weighted by atomic mass is 32.1. The number of carbonyl (C=O) groups excluding carboxylic acids is 1. The summed E-state index contributed by atoms with van der Waals surface area (Å²) >= 11 is 1.14. The van der Waals surface area contributed by atoms with E-state index >= 15 is 0 Å². The van der Waals surface area contributed by atoms with Gasteiger partial charge in [0.1, 0.15) is 4.88 Å². The molecule has 20 heavy (non-hydrogen) atoms. The smallest absolute Gasteiger partial charge is 0.356 e. The van der Waals surface area contributed by atoms with Crippen molar-refractivity contribution in [1.29, 1.82) is 0 Å². The van der Waals surface area contributed by atoms with E-state index in [1.165, 1.54) is 13.3 Å². The minimum atomic E-state index is -1.15. The van der Waals surface area contributed by atoms with Gasteiger partial charge in [-0.05, 0) is 31.1 Å². The zero-order chi connectivity index (χ0) is 14.9. The van der Waals surface area contributed by atoms with Crippen molar-refractivity contribution in [1.82, 2.24) is 4.98 Å². The Labute approximate surface area is 122 Å². The predicted octanol–water partition coefficient (Wildman–Crippen LogP) is 3.28. The van der Waals surface area contributed by atoms with Crippen LogP contribution in [-0.2, 0) is 0 Å². The summed E-state index contributed by atoms with van der Waals surface area (Å²) < 4.78 is 0.